The van der Waals surface area contributed by atoms with Gasteiger partial charge in [0.1, 0.15) is 0 Å². The fraction of sp³-hybridized carbons (Fsp3) is 0.409. The zero-order chi connectivity index (χ0) is 22.3. The molecule has 1 aromatic carbocycles. The van der Waals surface area contributed by atoms with Gasteiger partial charge in [-0.2, -0.15) is 5.10 Å². The third kappa shape index (κ3) is 4.05. The number of fused-ring (bicyclic) bond motifs is 2. The van der Waals surface area contributed by atoms with Gasteiger partial charge in [0.05, 0.1) is 11.5 Å². The van der Waals surface area contributed by atoms with Crippen LogP contribution in [0.25, 0.3) is 22.2 Å². The summed E-state index contributed by atoms with van der Waals surface area (Å²) in [6.07, 6.45) is 1.52. The zero-order valence-corrected chi connectivity index (χ0v) is 17.9. The molecule has 3 aromatic rings. The monoisotopic (exact) mass is 428 g/mol. The van der Waals surface area contributed by atoms with Gasteiger partial charge in [-0.3, -0.25) is 4.79 Å². The molecule has 4 rings (SSSR count). The molecule has 3 heterocycles. The van der Waals surface area contributed by atoms with Crippen molar-refractivity contribution in [3.8, 4) is 22.6 Å². The van der Waals surface area contributed by atoms with Crippen molar-refractivity contribution in [3.63, 3.8) is 0 Å². The van der Waals surface area contributed by atoms with Crippen molar-refractivity contribution in [1.82, 2.24) is 14.8 Å². The molecular formula is C22H25FN4O4. The number of nitrogens with zero attached hydrogens (tertiary/aromatic N) is 3. The van der Waals surface area contributed by atoms with E-state index in [1.165, 1.54) is 0 Å². The Kier molecular flexibility index (Phi) is 5.30. The summed E-state index contributed by atoms with van der Waals surface area (Å²) in [5, 5.41) is 17.6. The molecule has 2 aromatic heterocycles. The Morgan fingerprint density at radius 1 is 1.35 bits per heavy atom. The van der Waals surface area contributed by atoms with Crippen molar-refractivity contribution < 1.29 is 23.8 Å². The predicted octanol–water partition coefficient (Wildman–Crippen LogP) is 3.72. The van der Waals surface area contributed by atoms with Crippen LogP contribution in [0.5, 0.6) is 11.5 Å². The maximum Gasteiger partial charge on any atom is 0.231 e. The number of ether oxygens (including phenoxy) is 2. The van der Waals surface area contributed by atoms with E-state index >= 15 is 0 Å². The summed E-state index contributed by atoms with van der Waals surface area (Å²) < 4.78 is 27.1. The van der Waals surface area contributed by atoms with Crippen LogP contribution in [-0.2, 0) is 11.3 Å². The highest BCUT2D eigenvalue weighted by Crippen LogP contribution is 2.40. The minimum atomic E-state index is -0.621. The van der Waals surface area contributed by atoms with E-state index in [2.05, 4.69) is 15.4 Å². The second kappa shape index (κ2) is 7.81. The van der Waals surface area contributed by atoms with Crippen molar-refractivity contribution in [3.05, 3.63) is 30.2 Å². The van der Waals surface area contributed by atoms with Crippen LogP contribution in [0.15, 0.2) is 24.4 Å². The molecule has 1 aliphatic rings. The summed E-state index contributed by atoms with van der Waals surface area (Å²) in [6, 6.07) is 5.00. The Hall–Kier alpha value is -3.20. The van der Waals surface area contributed by atoms with Crippen molar-refractivity contribution in [2.24, 2.45) is 5.41 Å². The summed E-state index contributed by atoms with van der Waals surface area (Å²) >= 11 is 0. The molecule has 8 nitrogen and oxygen atoms in total. The quantitative estimate of drug-likeness (QED) is 0.643. The Bertz CT molecular complexity index is 1150. The van der Waals surface area contributed by atoms with Crippen molar-refractivity contribution >= 4 is 22.8 Å². The Labute approximate surface area is 179 Å². The fourth-order valence-corrected chi connectivity index (χ4v) is 3.22. The number of anilines is 1. The number of halogens is 1. The summed E-state index contributed by atoms with van der Waals surface area (Å²) in [6.45, 7) is 7.51. The number of hydrogen-bond acceptors (Lipinski definition) is 6. The van der Waals surface area contributed by atoms with E-state index in [0.717, 1.165) is 0 Å². The highest BCUT2D eigenvalue weighted by Gasteiger charge is 2.25. The van der Waals surface area contributed by atoms with Crippen LogP contribution in [-0.4, -0.2) is 38.7 Å². The zero-order valence-electron chi connectivity index (χ0n) is 17.9. The topological polar surface area (TPSA) is 98.5 Å². The Morgan fingerprint density at radius 3 is 2.84 bits per heavy atom. The van der Waals surface area contributed by atoms with Gasteiger partial charge in [0.15, 0.2) is 23.0 Å². The summed E-state index contributed by atoms with van der Waals surface area (Å²) in [5.74, 6) is 0.0500. The molecular weight excluding hydrogens is 403 g/mol. The second-order valence-electron chi connectivity index (χ2n) is 8.67. The van der Waals surface area contributed by atoms with Crippen molar-refractivity contribution in [1.29, 1.82) is 0 Å². The molecule has 0 saturated carbocycles. The SMILES string of the molecule is C[C@@H](O)CCn1nc(NC(=O)C(C)(C)C)c2cc(-c3ccc4c(c3F)OCO4)cnc21. The first-order chi connectivity index (χ1) is 14.6. The Balaban J connectivity index is 1.80. The third-order valence-corrected chi connectivity index (χ3v) is 5.05. The lowest BCUT2D eigenvalue weighted by atomic mass is 9.96. The Morgan fingerprint density at radius 2 is 2.13 bits per heavy atom. The van der Waals surface area contributed by atoms with Gasteiger partial charge >= 0.3 is 0 Å². The molecule has 31 heavy (non-hydrogen) atoms. The molecule has 0 fully saturated rings. The average molecular weight is 428 g/mol. The molecule has 164 valence electrons. The van der Waals surface area contributed by atoms with E-state index in [1.807, 2.05) is 0 Å². The molecule has 0 bridgehead atoms. The lowest BCUT2D eigenvalue weighted by Crippen LogP contribution is -2.28. The average Bonchev–Trinajstić information content (AvgIpc) is 3.31. The predicted molar refractivity (Wildman–Crippen MR) is 113 cm³/mol. The number of rotatable bonds is 5. The number of pyridine rings is 1. The molecule has 9 heteroatoms. The molecule has 0 radical (unpaired) electrons. The maximum atomic E-state index is 15.0. The minimum absolute atomic E-state index is 0.0218. The summed E-state index contributed by atoms with van der Waals surface area (Å²) in [7, 11) is 0. The molecule has 1 aliphatic heterocycles. The highest BCUT2D eigenvalue weighted by molar-refractivity contribution is 6.01. The number of carbonyl (C=O) groups excluding carboxylic acids is 1. The van der Waals surface area contributed by atoms with Crippen molar-refractivity contribution in [2.45, 2.75) is 46.8 Å². The molecule has 2 N–H and O–H groups in total. The van der Waals surface area contributed by atoms with Crippen LogP contribution in [0.4, 0.5) is 10.2 Å². The lowest BCUT2D eigenvalue weighted by Gasteiger charge is -2.16. The first-order valence-electron chi connectivity index (χ1n) is 10.1. The first-order valence-corrected chi connectivity index (χ1v) is 10.1. The minimum Gasteiger partial charge on any atom is -0.453 e. The van der Waals surface area contributed by atoms with E-state index in [0.29, 0.717) is 46.7 Å². The second-order valence-corrected chi connectivity index (χ2v) is 8.67. The summed E-state index contributed by atoms with van der Waals surface area (Å²) in [4.78, 5) is 17.1. The number of aryl methyl sites for hydroxylation is 1. The number of amides is 1. The van der Waals surface area contributed by atoms with Gasteiger partial charge in [-0.25, -0.2) is 14.1 Å². The number of benzene rings is 1. The fourth-order valence-electron chi connectivity index (χ4n) is 3.22. The van der Waals surface area contributed by atoms with Crippen LogP contribution in [0.1, 0.15) is 34.1 Å². The number of aliphatic hydroxyl groups excluding tert-OH is 1. The maximum absolute atomic E-state index is 15.0. The molecule has 0 unspecified atom stereocenters. The highest BCUT2D eigenvalue weighted by atomic mass is 19.1. The van der Waals surface area contributed by atoms with Crippen LogP contribution in [0.2, 0.25) is 0 Å². The molecule has 1 atom stereocenters. The molecule has 1 amide bonds. The summed E-state index contributed by atoms with van der Waals surface area (Å²) in [5.41, 5.74) is 0.743. The number of carbonyl (C=O) groups is 1. The smallest absolute Gasteiger partial charge is 0.231 e. The molecule has 0 aliphatic carbocycles. The lowest BCUT2D eigenvalue weighted by molar-refractivity contribution is -0.123. The van der Waals surface area contributed by atoms with Crippen LogP contribution >= 0.6 is 0 Å². The van der Waals surface area contributed by atoms with Gasteiger partial charge in [-0.1, -0.05) is 20.8 Å². The van der Waals surface area contributed by atoms with Gasteiger partial charge in [0.25, 0.3) is 0 Å². The van der Waals surface area contributed by atoms with E-state index in [1.54, 1.807) is 56.8 Å². The largest absolute Gasteiger partial charge is 0.453 e. The number of aromatic nitrogens is 3. The van der Waals surface area contributed by atoms with Gasteiger partial charge < -0.3 is 19.9 Å². The number of hydrogen-bond donors (Lipinski definition) is 2. The number of nitrogens with one attached hydrogen (secondary N) is 1. The normalized spacial score (nSPS) is 14.1. The van der Waals surface area contributed by atoms with Gasteiger partial charge in [0.2, 0.25) is 18.4 Å². The van der Waals surface area contributed by atoms with E-state index in [4.69, 9.17) is 9.47 Å². The third-order valence-electron chi connectivity index (χ3n) is 5.05. The van der Waals surface area contributed by atoms with Crippen molar-refractivity contribution in [2.75, 3.05) is 12.1 Å². The van der Waals surface area contributed by atoms with Crippen LogP contribution < -0.4 is 14.8 Å². The van der Waals surface area contributed by atoms with Gasteiger partial charge in [-0.15, -0.1) is 0 Å². The van der Waals surface area contributed by atoms with Crippen LogP contribution in [0, 0.1) is 11.2 Å². The van der Waals surface area contributed by atoms with Gasteiger partial charge in [0, 0.05) is 29.3 Å². The van der Waals surface area contributed by atoms with E-state index < -0.39 is 17.3 Å². The molecule has 0 spiro atoms. The number of aliphatic hydroxyl groups is 1. The molecule has 0 saturated heterocycles. The van der Waals surface area contributed by atoms with E-state index in [9.17, 15) is 14.3 Å². The first kappa shape index (κ1) is 21.0. The standard InChI is InChI=1S/C22H25FN4O4/c1-12(28)7-8-27-20-15(19(26-27)25-21(29)22(2,3)4)9-13(10-24-20)14-5-6-16-18(17(14)23)31-11-30-16/h5-6,9-10,12,28H,7-8,11H2,1-4H3,(H,25,26,29)/t12-/m1/s1. The van der Waals surface area contributed by atoms with Gasteiger partial charge in [-0.05, 0) is 31.5 Å². The van der Waals surface area contributed by atoms with Crippen LogP contribution in [0.3, 0.4) is 0 Å². The van der Waals surface area contributed by atoms with E-state index in [-0.39, 0.29) is 18.4 Å².